The average molecular weight is 370 g/mol. The molecule has 5 heteroatoms. The molecule has 4 rings (SSSR count). The van der Waals surface area contributed by atoms with Gasteiger partial charge in [0.1, 0.15) is 5.82 Å². The SMILES string of the molecule is Fc1cccc(-c2cnc(-c3ccncc3)c(CNCc3cccnc3)c2)c1. The second-order valence-electron chi connectivity index (χ2n) is 6.44. The Balaban J connectivity index is 1.64. The topological polar surface area (TPSA) is 50.7 Å². The maximum absolute atomic E-state index is 13.6. The molecule has 1 N–H and O–H groups in total. The molecule has 0 fully saturated rings. The number of aromatic nitrogens is 3. The number of pyridine rings is 3. The molecule has 0 saturated heterocycles. The maximum atomic E-state index is 13.6. The molecule has 4 nitrogen and oxygen atoms in total. The van der Waals surface area contributed by atoms with Gasteiger partial charge >= 0.3 is 0 Å². The molecule has 3 heterocycles. The highest BCUT2D eigenvalue weighted by molar-refractivity contribution is 5.69. The third-order valence-corrected chi connectivity index (χ3v) is 4.45. The maximum Gasteiger partial charge on any atom is 0.123 e. The summed E-state index contributed by atoms with van der Waals surface area (Å²) in [5, 5.41) is 3.45. The summed E-state index contributed by atoms with van der Waals surface area (Å²) in [4.78, 5) is 12.9. The van der Waals surface area contributed by atoms with Crippen LogP contribution in [0.2, 0.25) is 0 Å². The first-order valence-corrected chi connectivity index (χ1v) is 9.04. The minimum absolute atomic E-state index is 0.257. The number of nitrogens with one attached hydrogen (secondary N) is 1. The van der Waals surface area contributed by atoms with Crippen molar-refractivity contribution in [2.24, 2.45) is 0 Å². The smallest absolute Gasteiger partial charge is 0.123 e. The zero-order valence-corrected chi connectivity index (χ0v) is 15.2. The van der Waals surface area contributed by atoms with Crippen LogP contribution in [-0.4, -0.2) is 15.0 Å². The Morgan fingerprint density at radius 1 is 0.750 bits per heavy atom. The van der Waals surface area contributed by atoms with Crippen LogP contribution in [0.3, 0.4) is 0 Å². The first-order valence-electron chi connectivity index (χ1n) is 9.04. The Kier molecular flexibility index (Phi) is 5.45. The minimum atomic E-state index is -0.257. The molecule has 3 aromatic heterocycles. The van der Waals surface area contributed by atoms with E-state index in [0.717, 1.165) is 33.5 Å². The van der Waals surface area contributed by atoms with Crippen molar-refractivity contribution >= 4 is 0 Å². The second kappa shape index (κ2) is 8.50. The third-order valence-electron chi connectivity index (χ3n) is 4.45. The van der Waals surface area contributed by atoms with E-state index in [0.29, 0.717) is 13.1 Å². The van der Waals surface area contributed by atoms with Gasteiger partial charge in [0.25, 0.3) is 0 Å². The van der Waals surface area contributed by atoms with E-state index in [1.54, 1.807) is 30.9 Å². The second-order valence-corrected chi connectivity index (χ2v) is 6.44. The molecule has 0 radical (unpaired) electrons. The fourth-order valence-electron chi connectivity index (χ4n) is 3.08. The highest BCUT2D eigenvalue weighted by atomic mass is 19.1. The molecule has 138 valence electrons. The number of nitrogens with zero attached hydrogens (tertiary/aromatic N) is 3. The largest absolute Gasteiger partial charge is 0.308 e. The van der Waals surface area contributed by atoms with E-state index in [2.05, 4.69) is 26.3 Å². The van der Waals surface area contributed by atoms with Crippen LogP contribution in [0, 0.1) is 5.82 Å². The lowest BCUT2D eigenvalue weighted by Gasteiger charge is -2.13. The number of benzene rings is 1. The van der Waals surface area contributed by atoms with Crippen molar-refractivity contribution in [1.82, 2.24) is 20.3 Å². The van der Waals surface area contributed by atoms with Crippen LogP contribution >= 0.6 is 0 Å². The first-order chi connectivity index (χ1) is 13.8. The van der Waals surface area contributed by atoms with Gasteiger partial charge in [0.2, 0.25) is 0 Å². The Labute approximate surface area is 163 Å². The summed E-state index contributed by atoms with van der Waals surface area (Å²) < 4.78 is 13.6. The van der Waals surface area contributed by atoms with Crippen LogP contribution in [-0.2, 0) is 13.1 Å². The summed E-state index contributed by atoms with van der Waals surface area (Å²) in [5.74, 6) is -0.257. The van der Waals surface area contributed by atoms with Crippen molar-refractivity contribution in [2.45, 2.75) is 13.1 Å². The van der Waals surface area contributed by atoms with E-state index in [-0.39, 0.29) is 5.82 Å². The standard InChI is InChI=1S/C23H19FN4/c24-22-5-1-4-19(12-22)20-11-21(15-27-14-17-3-2-8-26-13-17)23(28-16-20)18-6-9-25-10-7-18/h1-13,16,27H,14-15H2. The Morgan fingerprint density at radius 2 is 1.64 bits per heavy atom. The lowest BCUT2D eigenvalue weighted by atomic mass is 10.0. The quantitative estimate of drug-likeness (QED) is 0.537. The van der Waals surface area contributed by atoms with Gasteiger partial charge in [-0.25, -0.2) is 4.39 Å². The lowest BCUT2D eigenvalue weighted by Crippen LogP contribution is -2.14. The molecular weight excluding hydrogens is 351 g/mol. The van der Waals surface area contributed by atoms with Gasteiger partial charge in [-0.2, -0.15) is 0 Å². The Bertz CT molecular complexity index is 1050. The molecule has 0 atom stereocenters. The molecule has 4 aromatic rings. The Hall–Kier alpha value is -3.44. The zero-order chi connectivity index (χ0) is 19.2. The normalized spacial score (nSPS) is 10.8. The van der Waals surface area contributed by atoms with E-state index in [4.69, 9.17) is 0 Å². The van der Waals surface area contributed by atoms with Crippen molar-refractivity contribution in [3.05, 3.63) is 103 Å². The van der Waals surface area contributed by atoms with Crippen molar-refractivity contribution in [2.75, 3.05) is 0 Å². The van der Waals surface area contributed by atoms with Crippen LogP contribution < -0.4 is 5.32 Å². The summed E-state index contributed by atoms with van der Waals surface area (Å²) >= 11 is 0. The van der Waals surface area contributed by atoms with Crippen LogP contribution in [0.4, 0.5) is 4.39 Å². The van der Waals surface area contributed by atoms with Crippen molar-refractivity contribution in [1.29, 1.82) is 0 Å². The molecule has 0 bridgehead atoms. The molecule has 1 aromatic carbocycles. The van der Waals surface area contributed by atoms with Crippen LogP contribution in [0.5, 0.6) is 0 Å². The van der Waals surface area contributed by atoms with Crippen molar-refractivity contribution in [3.63, 3.8) is 0 Å². The minimum Gasteiger partial charge on any atom is -0.308 e. The van der Waals surface area contributed by atoms with Gasteiger partial charge in [0.05, 0.1) is 5.69 Å². The van der Waals surface area contributed by atoms with E-state index in [9.17, 15) is 4.39 Å². The average Bonchev–Trinajstić information content (AvgIpc) is 2.75. The molecule has 0 unspecified atom stereocenters. The molecule has 0 aliphatic heterocycles. The molecule has 0 aliphatic carbocycles. The summed E-state index contributed by atoms with van der Waals surface area (Å²) in [6.07, 6.45) is 8.90. The molecule has 0 aliphatic rings. The molecule has 28 heavy (non-hydrogen) atoms. The van der Waals surface area contributed by atoms with E-state index in [1.807, 2.05) is 36.5 Å². The fourth-order valence-corrected chi connectivity index (χ4v) is 3.08. The van der Waals surface area contributed by atoms with Gasteiger partial charge in [-0.15, -0.1) is 0 Å². The van der Waals surface area contributed by atoms with Gasteiger partial charge in [-0.3, -0.25) is 15.0 Å². The zero-order valence-electron chi connectivity index (χ0n) is 15.2. The summed E-state index contributed by atoms with van der Waals surface area (Å²) in [6, 6.07) is 16.5. The monoisotopic (exact) mass is 370 g/mol. The number of rotatable bonds is 6. The predicted octanol–water partition coefficient (Wildman–Crippen LogP) is 4.63. The van der Waals surface area contributed by atoms with Gasteiger partial charge < -0.3 is 5.32 Å². The summed E-state index contributed by atoms with van der Waals surface area (Å²) in [6.45, 7) is 1.33. The predicted molar refractivity (Wildman–Crippen MR) is 108 cm³/mol. The fraction of sp³-hybridized carbons (Fsp3) is 0.0870. The van der Waals surface area contributed by atoms with Gasteiger partial charge in [0, 0.05) is 55.2 Å². The van der Waals surface area contributed by atoms with Gasteiger partial charge in [0.15, 0.2) is 0 Å². The highest BCUT2D eigenvalue weighted by Crippen LogP contribution is 2.27. The van der Waals surface area contributed by atoms with Crippen molar-refractivity contribution in [3.8, 4) is 22.4 Å². The lowest BCUT2D eigenvalue weighted by molar-refractivity contribution is 0.628. The van der Waals surface area contributed by atoms with E-state index >= 15 is 0 Å². The van der Waals surface area contributed by atoms with Crippen molar-refractivity contribution < 1.29 is 4.39 Å². The van der Waals surface area contributed by atoms with Crippen LogP contribution in [0.1, 0.15) is 11.1 Å². The first kappa shape index (κ1) is 17.9. The molecule has 0 saturated carbocycles. The third kappa shape index (κ3) is 4.27. The van der Waals surface area contributed by atoms with Crippen LogP contribution in [0.15, 0.2) is 85.6 Å². The molecule has 0 amide bonds. The van der Waals surface area contributed by atoms with E-state index < -0.39 is 0 Å². The number of halogens is 1. The summed E-state index contributed by atoms with van der Waals surface area (Å²) in [5.41, 5.74) is 5.73. The Morgan fingerprint density at radius 3 is 2.43 bits per heavy atom. The molecule has 0 spiro atoms. The summed E-state index contributed by atoms with van der Waals surface area (Å²) in [7, 11) is 0. The highest BCUT2D eigenvalue weighted by Gasteiger charge is 2.10. The number of hydrogen-bond donors (Lipinski definition) is 1. The van der Waals surface area contributed by atoms with Gasteiger partial charge in [-0.1, -0.05) is 18.2 Å². The van der Waals surface area contributed by atoms with E-state index in [1.165, 1.54) is 12.1 Å². The number of hydrogen-bond acceptors (Lipinski definition) is 4. The van der Waals surface area contributed by atoms with Gasteiger partial charge in [-0.05, 0) is 53.1 Å². The molecular formula is C23H19FN4. The van der Waals surface area contributed by atoms with Crippen LogP contribution in [0.25, 0.3) is 22.4 Å².